The average molecular weight is 274 g/mol. The van der Waals surface area contributed by atoms with E-state index in [1.165, 1.54) is 29.7 Å². The minimum atomic E-state index is 0.321. The number of nitrogens with zero attached hydrogens (tertiary/aromatic N) is 1. The first kappa shape index (κ1) is 13.9. The van der Waals surface area contributed by atoms with Crippen molar-refractivity contribution in [3.8, 4) is 0 Å². The van der Waals surface area contributed by atoms with E-state index in [1.54, 1.807) is 0 Å². The molecule has 3 rings (SSSR count). The molecule has 110 valence electrons. The molecular formula is C17H26N2O. The van der Waals surface area contributed by atoms with Gasteiger partial charge in [-0.2, -0.15) is 0 Å². The molecule has 2 unspecified atom stereocenters. The van der Waals surface area contributed by atoms with Crippen LogP contribution in [0.3, 0.4) is 0 Å². The standard InChI is InChI=1S/C17H26N2O/c1-12-8-15(9-18-16-5-6-16)4-7-17(12)19-10-14(3)20-11-13(19)2/h4,7-8,13-14,16,18H,5-6,9-11H2,1-3H3. The summed E-state index contributed by atoms with van der Waals surface area (Å²) in [5, 5.41) is 3.58. The van der Waals surface area contributed by atoms with Crippen molar-refractivity contribution in [1.82, 2.24) is 5.32 Å². The Bertz CT molecular complexity index is 470. The molecule has 1 aromatic carbocycles. The topological polar surface area (TPSA) is 24.5 Å². The molecule has 3 heteroatoms. The molecule has 0 bridgehead atoms. The van der Waals surface area contributed by atoms with Gasteiger partial charge in [0.15, 0.2) is 0 Å². The van der Waals surface area contributed by atoms with E-state index in [-0.39, 0.29) is 0 Å². The van der Waals surface area contributed by atoms with Crippen molar-refractivity contribution < 1.29 is 4.74 Å². The Morgan fingerprint density at radius 1 is 1.30 bits per heavy atom. The molecule has 1 aliphatic heterocycles. The van der Waals surface area contributed by atoms with Crippen LogP contribution in [0.2, 0.25) is 0 Å². The van der Waals surface area contributed by atoms with E-state index in [1.807, 2.05) is 0 Å². The molecule has 1 heterocycles. The van der Waals surface area contributed by atoms with Crippen molar-refractivity contribution in [3.63, 3.8) is 0 Å². The van der Waals surface area contributed by atoms with Crippen LogP contribution in [0.15, 0.2) is 18.2 Å². The number of rotatable bonds is 4. The van der Waals surface area contributed by atoms with Crippen LogP contribution in [-0.4, -0.2) is 31.3 Å². The van der Waals surface area contributed by atoms with Gasteiger partial charge in [0.2, 0.25) is 0 Å². The van der Waals surface area contributed by atoms with Gasteiger partial charge in [0.05, 0.1) is 12.7 Å². The van der Waals surface area contributed by atoms with E-state index in [9.17, 15) is 0 Å². The molecule has 1 saturated heterocycles. The first-order valence-electron chi connectivity index (χ1n) is 7.84. The summed E-state index contributed by atoms with van der Waals surface area (Å²) in [6, 6.07) is 8.12. The van der Waals surface area contributed by atoms with E-state index in [0.29, 0.717) is 12.1 Å². The highest BCUT2D eigenvalue weighted by Crippen LogP contribution is 2.27. The van der Waals surface area contributed by atoms with Crippen molar-refractivity contribution in [1.29, 1.82) is 0 Å². The normalized spacial score (nSPS) is 26.9. The molecule has 1 saturated carbocycles. The van der Waals surface area contributed by atoms with Crippen LogP contribution in [0.1, 0.15) is 37.8 Å². The first-order chi connectivity index (χ1) is 9.63. The molecule has 3 nitrogen and oxygen atoms in total. The lowest BCUT2D eigenvalue weighted by Crippen LogP contribution is -2.47. The summed E-state index contributed by atoms with van der Waals surface area (Å²) >= 11 is 0. The number of ether oxygens (including phenoxy) is 1. The Morgan fingerprint density at radius 3 is 2.80 bits per heavy atom. The van der Waals surface area contributed by atoms with Gasteiger partial charge >= 0.3 is 0 Å². The van der Waals surface area contributed by atoms with Gasteiger partial charge in [0, 0.05) is 30.9 Å². The Kier molecular flexibility index (Phi) is 3.99. The van der Waals surface area contributed by atoms with Gasteiger partial charge in [-0.1, -0.05) is 12.1 Å². The molecule has 0 amide bonds. The third-order valence-electron chi connectivity index (χ3n) is 4.35. The molecule has 0 spiro atoms. The van der Waals surface area contributed by atoms with E-state index >= 15 is 0 Å². The molecule has 0 aromatic heterocycles. The largest absolute Gasteiger partial charge is 0.375 e. The van der Waals surface area contributed by atoms with Gasteiger partial charge < -0.3 is 15.0 Å². The lowest BCUT2D eigenvalue weighted by atomic mass is 10.1. The molecule has 2 fully saturated rings. The third-order valence-corrected chi connectivity index (χ3v) is 4.35. The van der Waals surface area contributed by atoms with Crippen molar-refractivity contribution in [2.24, 2.45) is 0 Å². The summed E-state index contributed by atoms with van der Waals surface area (Å²) in [7, 11) is 0. The number of morpholine rings is 1. The van der Waals surface area contributed by atoms with E-state index < -0.39 is 0 Å². The molecule has 2 atom stereocenters. The second-order valence-electron chi connectivity index (χ2n) is 6.42. The van der Waals surface area contributed by atoms with Crippen molar-refractivity contribution in [2.75, 3.05) is 18.1 Å². The summed E-state index contributed by atoms with van der Waals surface area (Å²) in [4.78, 5) is 2.49. The fraction of sp³-hybridized carbons (Fsp3) is 0.647. The lowest BCUT2D eigenvalue weighted by molar-refractivity contribution is 0.0343. The van der Waals surface area contributed by atoms with Crippen LogP contribution in [-0.2, 0) is 11.3 Å². The lowest BCUT2D eigenvalue weighted by Gasteiger charge is -2.39. The SMILES string of the molecule is Cc1cc(CNC2CC2)ccc1N1CC(C)OCC1C. The van der Waals surface area contributed by atoms with E-state index in [4.69, 9.17) is 4.74 Å². The van der Waals surface area contributed by atoms with Gasteiger partial charge in [0.1, 0.15) is 0 Å². The van der Waals surface area contributed by atoms with Crippen molar-refractivity contribution in [3.05, 3.63) is 29.3 Å². The number of aryl methyl sites for hydroxylation is 1. The fourth-order valence-corrected chi connectivity index (χ4v) is 2.94. The number of anilines is 1. The monoisotopic (exact) mass is 274 g/mol. The van der Waals surface area contributed by atoms with Crippen molar-refractivity contribution in [2.45, 2.75) is 58.3 Å². The van der Waals surface area contributed by atoms with E-state index in [0.717, 1.165) is 25.7 Å². The zero-order valence-corrected chi connectivity index (χ0v) is 12.9. The second kappa shape index (κ2) is 5.74. The molecule has 2 aliphatic rings. The summed E-state index contributed by atoms with van der Waals surface area (Å²) in [5.41, 5.74) is 4.14. The summed E-state index contributed by atoms with van der Waals surface area (Å²) in [6.45, 7) is 9.44. The van der Waals surface area contributed by atoms with E-state index in [2.05, 4.69) is 49.2 Å². The molecule has 1 aliphatic carbocycles. The highest BCUT2D eigenvalue weighted by molar-refractivity contribution is 5.55. The zero-order valence-electron chi connectivity index (χ0n) is 12.9. The molecule has 20 heavy (non-hydrogen) atoms. The zero-order chi connectivity index (χ0) is 14.1. The average Bonchev–Trinajstić information content (AvgIpc) is 3.24. The highest BCUT2D eigenvalue weighted by atomic mass is 16.5. The van der Waals surface area contributed by atoms with Crippen molar-refractivity contribution >= 4 is 5.69 Å². The number of nitrogens with one attached hydrogen (secondary N) is 1. The van der Waals surface area contributed by atoms with Crippen LogP contribution in [0, 0.1) is 6.92 Å². The Balaban J connectivity index is 1.71. The van der Waals surface area contributed by atoms with Gasteiger partial charge in [-0.15, -0.1) is 0 Å². The maximum Gasteiger partial charge on any atom is 0.0723 e. The first-order valence-corrected chi connectivity index (χ1v) is 7.84. The quantitative estimate of drug-likeness (QED) is 0.913. The predicted molar refractivity (Wildman–Crippen MR) is 83.3 cm³/mol. The summed E-state index contributed by atoms with van der Waals surface area (Å²) in [6.07, 6.45) is 3.02. The number of hydrogen-bond acceptors (Lipinski definition) is 3. The molecule has 1 N–H and O–H groups in total. The Labute approximate surface area is 122 Å². The van der Waals surface area contributed by atoms with Crippen LogP contribution < -0.4 is 10.2 Å². The third kappa shape index (κ3) is 3.15. The maximum absolute atomic E-state index is 5.73. The minimum absolute atomic E-state index is 0.321. The van der Waals surface area contributed by atoms with Crippen LogP contribution in [0.25, 0.3) is 0 Å². The predicted octanol–water partition coefficient (Wildman–Crippen LogP) is 2.86. The second-order valence-corrected chi connectivity index (χ2v) is 6.42. The Hall–Kier alpha value is -1.06. The Morgan fingerprint density at radius 2 is 2.10 bits per heavy atom. The smallest absolute Gasteiger partial charge is 0.0723 e. The number of hydrogen-bond donors (Lipinski definition) is 1. The molecule has 1 aromatic rings. The van der Waals surface area contributed by atoms with Crippen LogP contribution in [0.5, 0.6) is 0 Å². The van der Waals surface area contributed by atoms with Gasteiger partial charge in [0.25, 0.3) is 0 Å². The summed E-state index contributed by atoms with van der Waals surface area (Å²) < 4.78 is 5.73. The van der Waals surface area contributed by atoms with Gasteiger partial charge in [-0.3, -0.25) is 0 Å². The molecular weight excluding hydrogens is 248 g/mol. The minimum Gasteiger partial charge on any atom is -0.375 e. The maximum atomic E-state index is 5.73. The summed E-state index contributed by atoms with van der Waals surface area (Å²) in [5.74, 6) is 0. The number of benzene rings is 1. The van der Waals surface area contributed by atoms with Gasteiger partial charge in [-0.25, -0.2) is 0 Å². The van der Waals surface area contributed by atoms with Crippen LogP contribution >= 0.6 is 0 Å². The van der Waals surface area contributed by atoms with Crippen LogP contribution in [0.4, 0.5) is 5.69 Å². The fourth-order valence-electron chi connectivity index (χ4n) is 2.94. The van der Waals surface area contributed by atoms with Gasteiger partial charge in [-0.05, 0) is 50.8 Å². The highest BCUT2D eigenvalue weighted by Gasteiger charge is 2.25. The molecule has 0 radical (unpaired) electrons.